The van der Waals surface area contributed by atoms with E-state index in [0.29, 0.717) is 29.1 Å². The molecule has 0 aliphatic heterocycles. The molecular weight excluding hydrogens is 336 g/mol. The van der Waals surface area contributed by atoms with Crippen LogP contribution < -0.4 is 4.90 Å². The van der Waals surface area contributed by atoms with Crippen LogP contribution in [-0.2, 0) is 11.3 Å². The number of ketones is 1. The Kier molecular flexibility index (Phi) is 6.56. The van der Waals surface area contributed by atoms with Crippen molar-refractivity contribution in [1.82, 2.24) is 4.98 Å². The number of ether oxygens (including phenoxy) is 1. The van der Waals surface area contributed by atoms with E-state index in [1.807, 2.05) is 13.0 Å². The predicted molar refractivity (Wildman–Crippen MR) is 99.5 cm³/mol. The van der Waals surface area contributed by atoms with Crippen LogP contribution in [0.1, 0.15) is 57.8 Å². The fraction of sp³-hybridized carbons (Fsp3) is 0.474. The number of aromatic nitrogens is 1. The molecule has 25 heavy (non-hydrogen) atoms. The summed E-state index contributed by atoms with van der Waals surface area (Å²) >= 11 is 1.71. The Balaban J connectivity index is 2.24. The van der Waals surface area contributed by atoms with Crippen molar-refractivity contribution >= 4 is 23.1 Å². The number of esters is 1. The van der Waals surface area contributed by atoms with Crippen LogP contribution in [0.15, 0.2) is 17.5 Å². The molecule has 0 radical (unpaired) electrons. The van der Waals surface area contributed by atoms with E-state index in [-0.39, 0.29) is 17.8 Å². The maximum absolute atomic E-state index is 13.0. The number of H-pyrrole nitrogens is 1. The molecule has 2 atom stereocenters. The summed E-state index contributed by atoms with van der Waals surface area (Å²) in [5.41, 5.74) is 2.36. The van der Waals surface area contributed by atoms with E-state index in [9.17, 15) is 9.59 Å². The molecule has 0 aliphatic carbocycles. The molecule has 2 aromatic heterocycles. The van der Waals surface area contributed by atoms with Gasteiger partial charge in [-0.3, -0.25) is 4.79 Å². The van der Waals surface area contributed by atoms with Crippen LogP contribution in [0, 0.1) is 13.8 Å². The van der Waals surface area contributed by atoms with E-state index in [2.05, 4.69) is 23.4 Å². The van der Waals surface area contributed by atoms with Gasteiger partial charge in [-0.2, -0.15) is 0 Å². The summed E-state index contributed by atoms with van der Waals surface area (Å²) in [6.07, 6.45) is 0. The maximum Gasteiger partial charge on any atom is 0.340 e. The number of aryl methyl sites for hydroxylation is 1. The van der Waals surface area contributed by atoms with Crippen LogP contribution in [-0.4, -0.2) is 35.9 Å². The fourth-order valence-corrected chi connectivity index (χ4v) is 3.89. The molecule has 0 spiro atoms. The molecule has 0 aliphatic rings. The average molecular weight is 364 g/mol. The van der Waals surface area contributed by atoms with Gasteiger partial charge in [0.2, 0.25) is 5.78 Å². The first-order valence-electron chi connectivity index (χ1n) is 8.68. The Morgan fingerprint density at radius 2 is 2.04 bits per heavy atom. The molecule has 2 aromatic rings. The lowest BCUT2D eigenvalue weighted by Gasteiger charge is -2.23. The lowest BCUT2D eigenvalue weighted by Crippen LogP contribution is -3.14. The molecule has 0 bridgehead atoms. The van der Waals surface area contributed by atoms with E-state index in [1.54, 1.807) is 32.1 Å². The van der Waals surface area contributed by atoms with Gasteiger partial charge in [0.05, 0.1) is 29.3 Å². The minimum atomic E-state index is -0.376. The third-order valence-electron chi connectivity index (χ3n) is 4.60. The number of hydrogen-bond acceptors (Lipinski definition) is 4. The average Bonchev–Trinajstić information content (AvgIpc) is 3.19. The van der Waals surface area contributed by atoms with Gasteiger partial charge in [-0.25, -0.2) is 4.79 Å². The van der Waals surface area contributed by atoms with E-state index in [0.717, 1.165) is 13.1 Å². The number of carbonyl (C=O) groups is 2. The topological polar surface area (TPSA) is 63.6 Å². The molecule has 6 heteroatoms. The molecule has 0 saturated heterocycles. The van der Waals surface area contributed by atoms with Crippen LogP contribution in [0.4, 0.5) is 0 Å². The minimum Gasteiger partial charge on any atom is -0.462 e. The number of hydrogen-bond donors (Lipinski definition) is 2. The number of quaternary nitrogens is 1. The number of aromatic amines is 1. The van der Waals surface area contributed by atoms with Gasteiger partial charge in [-0.1, -0.05) is 6.07 Å². The third kappa shape index (κ3) is 4.19. The van der Waals surface area contributed by atoms with E-state index >= 15 is 0 Å². The summed E-state index contributed by atoms with van der Waals surface area (Å²) in [5.74, 6) is -0.344. The first-order chi connectivity index (χ1) is 11.9. The number of thiophene rings is 1. The van der Waals surface area contributed by atoms with Gasteiger partial charge in [0.25, 0.3) is 0 Å². The summed E-state index contributed by atoms with van der Waals surface area (Å²) in [4.78, 5) is 30.8. The standard InChI is InChI=1S/C19H26N2O3S/c1-6-21(11-15-9-8-10-25-15)14(5)18(22)17-12(3)16(13(4)20-17)19(23)24-7-2/h8-10,14,20H,6-7,11H2,1-5H3/p+1/t14-/m0/s1. The molecule has 0 aromatic carbocycles. The van der Waals surface area contributed by atoms with Crippen molar-refractivity contribution in [2.75, 3.05) is 13.2 Å². The number of carbonyl (C=O) groups excluding carboxylic acids is 2. The summed E-state index contributed by atoms with van der Waals surface area (Å²) in [7, 11) is 0. The molecule has 0 fully saturated rings. The van der Waals surface area contributed by atoms with Crippen molar-refractivity contribution in [2.45, 2.75) is 47.2 Å². The number of likely N-dealkylation sites (N-methyl/N-ethyl adjacent to an activating group) is 1. The lowest BCUT2D eigenvalue weighted by molar-refractivity contribution is -0.925. The van der Waals surface area contributed by atoms with Gasteiger partial charge >= 0.3 is 5.97 Å². The second-order valence-corrected chi connectivity index (χ2v) is 7.23. The monoisotopic (exact) mass is 363 g/mol. The SMILES string of the molecule is CCOC(=O)c1c(C)[nH]c(C(=O)[C@H](C)[NH+](CC)Cc2cccs2)c1C. The first-order valence-corrected chi connectivity index (χ1v) is 9.56. The summed E-state index contributed by atoms with van der Waals surface area (Å²) in [5, 5.41) is 2.05. The van der Waals surface area contributed by atoms with Crippen LogP contribution in [0.2, 0.25) is 0 Å². The van der Waals surface area contributed by atoms with Crippen molar-refractivity contribution in [2.24, 2.45) is 0 Å². The number of Topliss-reactive ketones (excluding diaryl/α,β-unsaturated/α-hetero) is 1. The third-order valence-corrected chi connectivity index (χ3v) is 5.48. The molecule has 1 unspecified atom stereocenters. The molecular formula is C19H27N2O3S+. The Morgan fingerprint density at radius 1 is 1.32 bits per heavy atom. The van der Waals surface area contributed by atoms with Crippen LogP contribution in [0.25, 0.3) is 0 Å². The summed E-state index contributed by atoms with van der Waals surface area (Å²) in [6.45, 7) is 11.4. The molecule has 2 heterocycles. The van der Waals surface area contributed by atoms with E-state index < -0.39 is 0 Å². The molecule has 5 nitrogen and oxygen atoms in total. The number of rotatable bonds is 8. The largest absolute Gasteiger partial charge is 0.462 e. The molecule has 0 amide bonds. The zero-order chi connectivity index (χ0) is 18.6. The van der Waals surface area contributed by atoms with Crippen molar-refractivity contribution in [3.05, 3.63) is 44.9 Å². The van der Waals surface area contributed by atoms with Crippen LogP contribution >= 0.6 is 11.3 Å². The lowest BCUT2D eigenvalue weighted by atomic mass is 10.0. The fourth-order valence-electron chi connectivity index (χ4n) is 3.13. The van der Waals surface area contributed by atoms with E-state index in [1.165, 1.54) is 9.78 Å². The van der Waals surface area contributed by atoms with E-state index in [4.69, 9.17) is 4.74 Å². The van der Waals surface area contributed by atoms with Gasteiger partial charge < -0.3 is 14.6 Å². The van der Waals surface area contributed by atoms with Gasteiger partial charge in [0, 0.05) is 5.69 Å². The minimum absolute atomic E-state index is 0.0320. The Bertz CT molecular complexity index is 734. The van der Waals surface area contributed by atoms with Gasteiger partial charge in [-0.15, -0.1) is 11.3 Å². The zero-order valence-electron chi connectivity index (χ0n) is 15.6. The van der Waals surface area contributed by atoms with Gasteiger partial charge in [0.1, 0.15) is 6.54 Å². The van der Waals surface area contributed by atoms with Gasteiger partial charge in [0.15, 0.2) is 6.04 Å². The Hall–Kier alpha value is -1.92. The summed E-state index contributed by atoms with van der Waals surface area (Å²) < 4.78 is 5.11. The second-order valence-electron chi connectivity index (χ2n) is 6.20. The quantitative estimate of drug-likeness (QED) is 0.560. The van der Waals surface area contributed by atoms with Crippen molar-refractivity contribution in [1.29, 1.82) is 0 Å². The molecule has 0 saturated carbocycles. The Labute approximate surface area is 153 Å². The zero-order valence-corrected chi connectivity index (χ0v) is 16.4. The molecule has 2 rings (SSSR count). The van der Waals surface area contributed by atoms with Crippen molar-refractivity contribution in [3.8, 4) is 0 Å². The van der Waals surface area contributed by atoms with Crippen LogP contribution in [0.5, 0.6) is 0 Å². The highest BCUT2D eigenvalue weighted by Crippen LogP contribution is 2.20. The van der Waals surface area contributed by atoms with Crippen LogP contribution in [0.3, 0.4) is 0 Å². The highest BCUT2D eigenvalue weighted by molar-refractivity contribution is 7.09. The molecule has 136 valence electrons. The van der Waals surface area contributed by atoms with Crippen molar-refractivity contribution in [3.63, 3.8) is 0 Å². The maximum atomic E-state index is 13.0. The number of nitrogens with one attached hydrogen (secondary N) is 2. The van der Waals surface area contributed by atoms with Crippen molar-refractivity contribution < 1.29 is 19.2 Å². The second kappa shape index (κ2) is 8.45. The highest BCUT2D eigenvalue weighted by Gasteiger charge is 2.30. The normalized spacial score (nSPS) is 13.5. The first kappa shape index (κ1) is 19.4. The molecule has 2 N–H and O–H groups in total. The smallest absolute Gasteiger partial charge is 0.340 e. The summed E-state index contributed by atoms with van der Waals surface area (Å²) in [6, 6.07) is 3.93. The Morgan fingerprint density at radius 3 is 2.60 bits per heavy atom. The van der Waals surface area contributed by atoms with Gasteiger partial charge in [-0.05, 0) is 51.6 Å². The predicted octanol–water partition coefficient (Wildman–Crippen LogP) is 2.55. The highest BCUT2D eigenvalue weighted by atomic mass is 32.1.